The van der Waals surface area contributed by atoms with Crippen LogP contribution in [0.5, 0.6) is 11.5 Å². The molecule has 0 aliphatic heterocycles. The molecule has 1 aromatic carbocycles. The average molecular weight is 526 g/mol. The van der Waals surface area contributed by atoms with Gasteiger partial charge in [-0.15, -0.1) is 35.3 Å². The SMILES string of the molecule is CN=C(NCc1csc(C(C)C)n1)NCc1cc(OC)ccc1OC(F)F.I. The van der Waals surface area contributed by atoms with Crippen molar-refractivity contribution < 1.29 is 18.3 Å². The molecule has 0 saturated carbocycles. The van der Waals surface area contributed by atoms with Crippen molar-refractivity contribution in [2.24, 2.45) is 4.99 Å². The lowest BCUT2D eigenvalue weighted by Crippen LogP contribution is -2.36. The van der Waals surface area contributed by atoms with Gasteiger partial charge >= 0.3 is 6.61 Å². The monoisotopic (exact) mass is 526 g/mol. The van der Waals surface area contributed by atoms with E-state index in [-0.39, 0.29) is 36.3 Å². The van der Waals surface area contributed by atoms with Crippen molar-refractivity contribution in [3.63, 3.8) is 0 Å². The third-order valence-electron chi connectivity index (χ3n) is 3.65. The summed E-state index contributed by atoms with van der Waals surface area (Å²) in [4.78, 5) is 8.70. The van der Waals surface area contributed by atoms with Gasteiger partial charge in [0.05, 0.1) is 24.4 Å². The van der Waals surface area contributed by atoms with E-state index in [9.17, 15) is 8.78 Å². The van der Waals surface area contributed by atoms with E-state index in [1.807, 2.05) is 5.38 Å². The highest BCUT2D eigenvalue weighted by molar-refractivity contribution is 14.0. The Bertz CT molecular complexity index is 772. The Morgan fingerprint density at radius 2 is 1.96 bits per heavy atom. The minimum Gasteiger partial charge on any atom is -0.497 e. The standard InChI is InChI=1S/C18H24F2N4O2S.HI/c1-11(2)16-24-13(10-27-16)9-23-18(21-3)22-8-12-7-14(25-4)5-6-15(12)26-17(19)20;/h5-7,10-11,17H,8-9H2,1-4H3,(H2,21,22,23);1H. The Morgan fingerprint density at radius 3 is 2.54 bits per heavy atom. The molecule has 10 heteroatoms. The third kappa shape index (κ3) is 7.38. The predicted molar refractivity (Wildman–Crippen MR) is 118 cm³/mol. The number of aromatic nitrogens is 1. The Hall–Kier alpha value is -1.69. The molecule has 28 heavy (non-hydrogen) atoms. The molecule has 0 amide bonds. The minimum atomic E-state index is -2.89. The zero-order chi connectivity index (χ0) is 19.8. The number of aliphatic imine (C=N–C) groups is 1. The number of halogens is 3. The number of benzene rings is 1. The molecule has 6 nitrogen and oxygen atoms in total. The van der Waals surface area contributed by atoms with Crippen LogP contribution < -0.4 is 20.1 Å². The molecule has 0 bridgehead atoms. The highest BCUT2D eigenvalue weighted by atomic mass is 127. The van der Waals surface area contributed by atoms with Crippen LogP contribution in [0.4, 0.5) is 8.78 Å². The average Bonchev–Trinajstić information content (AvgIpc) is 3.12. The Morgan fingerprint density at radius 1 is 1.25 bits per heavy atom. The summed E-state index contributed by atoms with van der Waals surface area (Å²) in [6.45, 7) is 2.07. The van der Waals surface area contributed by atoms with Crippen LogP contribution in [-0.4, -0.2) is 31.7 Å². The van der Waals surface area contributed by atoms with Crippen LogP contribution in [0.2, 0.25) is 0 Å². The Balaban J connectivity index is 0.00000392. The molecule has 0 saturated heterocycles. The summed E-state index contributed by atoms with van der Waals surface area (Å²) in [6, 6.07) is 4.68. The summed E-state index contributed by atoms with van der Waals surface area (Å²) < 4.78 is 34.9. The third-order valence-corrected chi connectivity index (χ3v) is 4.85. The number of hydrogen-bond donors (Lipinski definition) is 2. The van der Waals surface area contributed by atoms with E-state index in [4.69, 9.17) is 4.74 Å². The van der Waals surface area contributed by atoms with Crippen LogP contribution in [0, 0.1) is 0 Å². The normalized spacial score (nSPS) is 11.4. The van der Waals surface area contributed by atoms with Gasteiger partial charge < -0.3 is 20.1 Å². The maximum atomic E-state index is 12.6. The first-order valence-corrected chi connectivity index (χ1v) is 9.31. The highest BCUT2D eigenvalue weighted by Crippen LogP contribution is 2.25. The van der Waals surface area contributed by atoms with Crippen LogP contribution >= 0.6 is 35.3 Å². The van der Waals surface area contributed by atoms with E-state index < -0.39 is 6.61 Å². The molecule has 0 aliphatic carbocycles. The summed E-state index contributed by atoms with van der Waals surface area (Å²) in [5.41, 5.74) is 1.46. The van der Waals surface area contributed by atoms with Gasteiger partial charge in [0.2, 0.25) is 0 Å². The number of nitrogens with one attached hydrogen (secondary N) is 2. The maximum Gasteiger partial charge on any atom is 0.387 e. The van der Waals surface area contributed by atoms with E-state index in [1.54, 1.807) is 30.5 Å². The van der Waals surface area contributed by atoms with Gasteiger partial charge in [0.15, 0.2) is 5.96 Å². The molecule has 2 N–H and O–H groups in total. The molecular formula is C18H25F2IN4O2S. The number of hydrogen-bond acceptors (Lipinski definition) is 5. The van der Waals surface area contributed by atoms with Crippen molar-refractivity contribution in [3.05, 3.63) is 39.8 Å². The van der Waals surface area contributed by atoms with Crippen molar-refractivity contribution in [2.45, 2.75) is 39.5 Å². The molecule has 2 rings (SSSR count). The quantitative estimate of drug-likeness (QED) is 0.304. The molecular weight excluding hydrogens is 501 g/mol. The molecule has 2 aromatic rings. The highest BCUT2D eigenvalue weighted by Gasteiger charge is 2.12. The number of rotatable bonds is 8. The fraction of sp³-hybridized carbons (Fsp3) is 0.444. The van der Waals surface area contributed by atoms with Gasteiger partial charge in [-0.25, -0.2) is 4.98 Å². The lowest BCUT2D eigenvalue weighted by molar-refractivity contribution is -0.0504. The van der Waals surface area contributed by atoms with E-state index >= 15 is 0 Å². The summed E-state index contributed by atoms with van der Waals surface area (Å²) in [5.74, 6) is 1.57. The molecule has 156 valence electrons. The first kappa shape index (κ1) is 24.3. The van der Waals surface area contributed by atoms with Gasteiger partial charge in [0.1, 0.15) is 11.5 Å². The van der Waals surface area contributed by atoms with Crippen molar-refractivity contribution in [2.75, 3.05) is 14.2 Å². The van der Waals surface area contributed by atoms with Crippen LogP contribution in [0.15, 0.2) is 28.6 Å². The van der Waals surface area contributed by atoms with Gasteiger partial charge in [-0.3, -0.25) is 4.99 Å². The second-order valence-corrected chi connectivity index (χ2v) is 6.85. The fourth-order valence-electron chi connectivity index (χ4n) is 2.27. The Kier molecular flexibility index (Phi) is 10.4. The van der Waals surface area contributed by atoms with Crippen LogP contribution in [0.3, 0.4) is 0 Å². The second-order valence-electron chi connectivity index (χ2n) is 5.96. The largest absolute Gasteiger partial charge is 0.497 e. The zero-order valence-electron chi connectivity index (χ0n) is 16.2. The smallest absolute Gasteiger partial charge is 0.387 e. The number of methoxy groups -OCH3 is 1. The molecule has 0 fully saturated rings. The zero-order valence-corrected chi connectivity index (χ0v) is 19.3. The van der Waals surface area contributed by atoms with Gasteiger partial charge in [-0.2, -0.15) is 8.78 Å². The van der Waals surface area contributed by atoms with Crippen molar-refractivity contribution in [3.8, 4) is 11.5 Å². The maximum absolute atomic E-state index is 12.6. The van der Waals surface area contributed by atoms with Crippen molar-refractivity contribution >= 4 is 41.3 Å². The summed E-state index contributed by atoms with van der Waals surface area (Å²) in [5, 5.41) is 9.33. The number of thiazole rings is 1. The molecule has 0 unspecified atom stereocenters. The molecule has 0 aliphatic rings. The van der Waals surface area contributed by atoms with Crippen molar-refractivity contribution in [1.82, 2.24) is 15.6 Å². The summed E-state index contributed by atoms with van der Waals surface area (Å²) >= 11 is 1.63. The lowest BCUT2D eigenvalue weighted by atomic mass is 10.2. The van der Waals surface area contributed by atoms with Crippen LogP contribution in [0.25, 0.3) is 0 Å². The first-order valence-electron chi connectivity index (χ1n) is 8.43. The number of ether oxygens (including phenoxy) is 2. The molecule has 1 aromatic heterocycles. The van der Waals surface area contributed by atoms with E-state index in [0.29, 0.717) is 29.7 Å². The number of guanidine groups is 1. The predicted octanol–water partition coefficient (Wildman–Crippen LogP) is 4.36. The molecule has 0 atom stereocenters. The lowest BCUT2D eigenvalue weighted by Gasteiger charge is -2.15. The van der Waals surface area contributed by atoms with E-state index in [0.717, 1.165) is 10.7 Å². The van der Waals surface area contributed by atoms with Crippen LogP contribution in [0.1, 0.15) is 36.0 Å². The van der Waals surface area contributed by atoms with E-state index in [2.05, 4.69) is 39.2 Å². The van der Waals surface area contributed by atoms with Gasteiger partial charge in [0, 0.05) is 30.5 Å². The molecule has 0 spiro atoms. The number of nitrogens with zero attached hydrogens (tertiary/aromatic N) is 2. The van der Waals surface area contributed by atoms with Crippen molar-refractivity contribution in [1.29, 1.82) is 0 Å². The minimum absolute atomic E-state index is 0. The second kappa shape index (κ2) is 12.0. The first-order chi connectivity index (χ1) is 12.9. The molecule has 1 heterocycles. The fourth-order valence-corrected chi connectivity index (χ4v) is 3.11. The van der Waals surface area contributed by atoms with Crippen LogP contribution in [-0.2, 0) is 13.1 Å². The molecule has 0 radical (unpaired) electrons. The van der Waals surface area contributed by atoms with Gasteiger partial charge in [0.25, 0.3) is 0 Å². The van der Waals surface area contributed by atoms with E-state index in [1.165, 1.54) is 13.2 Å². The Labute approximate surface area is 184 Å². The summed E-state index contributed by atoms with van der Waals surface area (Å²) in [7, 11) is 3.15. The number of alkyl halides is 2. The van der Waals surface area contributed by atoms with Gasteiger partial charge in [-0.1, -0.05) is 13.8 Å². The van der Waals surface area contributed by atoms with Gasteiger partial charge in [-0.05, 0) is 18.2 Å². The topological polar surface area (TPSA) is 67.8 Å². The summed E-state index contributed by atoms with van der Waals surface area (Å²) in [6.07, 6.45) is 0.